The molecular weight excluding hydrogens is 286 g/mol. The minimum atomic E-state index is -3.79. The molecule has 2 aromatic carbocycles. The highest BCUT2D eigenvalue weighted by Crippen LogP contribution is 2.39. The number of nitrogen functional groups attached to an aromatic ring is 1. The van der Waals surface area contributed by atoms with Crippen LogP contribution in [0.15, 0.2) is 47.4 Å². The zero-order chi connectivity index (χ0) is 15.2. The van der Waals surface area contributed by atoms with Gasteiger partial charge in [0.05, 0.1) is 5.69 Å². The van der Waals surface area contributed by atoms with Crippen molar-refractivity contribution in [1.82, 2.24) is 0 Å². The molecule has 1 unspecified atom stereocenters. The number of fused-ring (bicyclic) bond motifs is 1. The Balaban J connectivity index is 2.08. The molecule has 0 spiro atoms. The van der Waals surface area contributed by atoms with Gasteiger partial charge in [-0.3, -0.25) is 0 Å². The first-order chi connectivity index (χ1) is 9.88. The van der Waals surface area contributed by atoms with Gasteiger partial charge in [-0.25, -0.2) is 13.6 Å². The smallest absolute Gasteiger partial charge is 0.240 e. The predicted octanol–water partition coefficient (Wildman–Crippen LogP) is 2.00. The zero-order valence-electron chi connectivity index (χ0n) is 11.7. The van der Waals surface area contributed by atoms with Crippen LogP contribution in [-0.4, -0.2) is 14.5 Å². The number of primary sulfonamides is 1. The Labute approximate surface area is 124 Å². The summed E-state index contributed by atoms with van der Waals surface area (Å²) in [6.07, 6.45) is 0.951. The summed E-state index contributed by atoms with van der Waals surface area (Å²) in [5.41, 5.74) is 9.31. The molecule has 21 heavy (non-hydrogen) atoms. The average molecular weight is 303 g/mol. The molecule has 5 nitrogen and oxygen atoms in total. The van der Waals surface area contributed by atoms with Crippen LogP contribution < -0.4 is 15.8 Å². The first kappa shape index (κ1) is 13.9. The summed E-state index contributed by atoms with van der Waals surface area (Å²) in [6.45, 7) is 2.13. The quantitative estimate of drug-likeness (QED) is 0.830. The molecule has 1 heterocycles. The highest BCUT2D eigenvalue weighted by atomic mass is 32.2. The second-order valence-electron chi connectivity index (χ2n) is 5.32. The van der Waals surface area contributed by atoms with Gasteiger partial charge in [0.2, 0.25) is 10.0 Å². The van der Waals surface area contributed by atoms with E-state index in [1.807, 2.05) is 12.1 Å². The Morgan fingerprint density at radius 3 is 2.57 bits per heavy atom. The lowest BCUT2D eigenvalue weighted by atomic mass is 10.1. The number of hydrogen-bond donors (Lipinski definition) is 2. The first-order valence-electron chi connectivity index (χ1n) is 6.67. The molecule has 0 amide bonds. The number of anilines is 3. The van der Waals surface area contributed by atoms with Crippen LogP contribution in [0.1, 0.15) is 12.5 Å². The molecule has 0 fully saturated rings. The standard InChI is InChI=1S/C15H17N3O2S/c1-10-8-11-4-2-3-5-14(11)18(10)12-6-7-15(13(16)9-12)21(17,19)20/h2-7,9-10H,8,16H2,1H3,(H2,17,19,20). The van der Waals surface area contributed by atoms with E-state index in [4.69, 9.17) is 10.9 Å². The molecule has 0 saturated carbocycles. The van der Waals surface area contributed by atoms with Gasteiger partial charge in [0.25, 0.3) is 0 Å². The maximum absolute atomic E-state index is 11.4. The van der Waals surface area contributed by atoms with Crippen LogP contribution in [0.3, 0.4) is 0 Å². The molecule has 2 aromatic rings. The molecule has 0 radical (unpaired) electrons. The van der Waals surface area contributed by atoms with Gasteiger partial charge < -0.3 is 10.6 Å². The number of benzene rings is 2. The van der Waals surface area contributed by atoms with E-state index in [9.17, 15) is 8.42 Å². The Kier molecular flexibility index (Phi) is 3.15. The number of rotatable bonds is 2. The van der Waals surface area contributed by atoms with E-state index in [-0.39, 0.29) is 10.6 Å². The normalized spacial score (nSPS) is 17.8. The van der Waals surface area contributed by atoms with Crippen LogP contribution in [-0.2, 0) is 16.4 Å². The molecular formula is C15H17N3O2S. The molecule has 0 bridgehead atoms. The number of hydrogen-bond acceptors (Lipinski definition) is 4. The lowest BCUT2D eigenvalue weighted by Gasteiger charge is -2.25. The minimum Gasteiger partial charge on any atom is -0.398 e. The summed E-state index contributed by atoms with van der Waals surface area (Å²) in [7, 11) is -3.79. The van der Waals surface area contributed by atoms with Crippen molar-refractivity contribution in [3.63, 3.8) is 0 Å². The van der Waals surface area contributed by atoms with Crippen LogP contribution in [0, 0.1) is 0 Å². The fraction of sp³-hybridized carbons (Fsp3) is 0.200. The monoisotopic (exact) mass is 303 g/mol. The van der Waals surface area contributed by atoms with Gasteiger partial charge in [-0.2, -0.15) is 0 Å². The van der Waals surface area contributed by atoms with Gasteiger partial charge in [-0.05, 0) is 43.2 Å². The Morgan fingerprint density at radius 2 is 1.90 bits per heavy atom. The van der Waals surface area contributed by atoms with E-state index in [0.29, 0.717) is 6.04 Å². The third-order valence-corrected chi connectivity index (χ3v) is 4.77. The van der Waals surface area contributed by atoms with Crippen molar-refractivity contribution in [2.24, 2.45) is 5.14 Å². The number of sulfonamides is 1. The van der Waals surface area contributed by atoms with Crippen molar-refractivity contribution in [3.8, 4) is 0 Å². The Hall–Kier alpha value is -2.05. The summed E-state index contributed by atoms with van der Waals surface area (Å²) in [5.74, 6) is 0. The van der Waals surface area contributed by atoms with Crippen LogP contribution in [0.2, 0.25) is 0 Å². The maximum Gasteiger partial charge on any atom is 0.240 e. The van der Waals surface area contributed by atoms with Gasteiger partial charge >= 0.3 is 0 Å². The van der Waals surface area contributed by atoms with E-state index in [1.54, 1.807) is 12.1 Å². The summed E-state index contributed by atoms with van der Waals surface area (Å²) in [4.78, 5) is 2.13. The van der Waals surface area contributed by atoms with Gasteiger partial charge in [-0.1, -0.05) is 18.2 Å². The van der Waals surface area contributed by atoms with Crippen molar-refractivity contribution in [2.45, 2.75) is 24.3 Å². The van der Waals surface area contributed by atoms with Crippen molar-refractivity contribution < 1.29 is 8.42 Å². The van der Waals surface area contributed by atoms with Crippen molar-refractivity contribution in [1.29, 1.82) is 0 Å². The van der Waals surface area contributed by atoms with E-state index in [2.05, 4.69) is 24.0 Å². The minimum absolute atomic E-state index is 0.0358. The number of nitrogens with zero attached hydrogens (tertiary/aromatic N) is 1. The lowest BCUT2D eigenvalue weighted by molar-refractivity contribution is 0.598. The van der Waals surface area contributed by atoms with Crippen molar-refractivity contribution >= 4 is 27.1 Å². The van der Waals surface area contributed by atoms with Gasteiger partial charge in [0, 0.05) is 17.4 Å². The SMILES string of the molecule is CC1Cc2ccccc2N1c1ccc(S(N)(=O)=O)c(N)c1. The number of para-hydroxylation sites is 1. The molecule has 1 atom stereocenters. The van der Waals surface area contributed by atoms with Crippen LogP contribution in [0.25, 0.3) is 0 Å². The van der Waals surface area contributed by atoms with Gasteiger partial charge in [0.15, 0.2) is 0 Å². The van der Waals surface area contributed by atoms with Crippen LogP contribution >= 0.6 is 0 Å². The molecule has 1 aliphatic rings. The van der Waals surface area contributed by atoms with E-state index >= 15 is 0 Å². The molecule has 110 valence electrons. The summed E-state index contributed by atoms with van der Waals surface area (Å²) in [5, 5.41) is 5.14. The lowest BCUT2D eigenvalue weighted by Crippen LogP contribution is -2.24. The largest absolute Gasteiger partial charge is 0.398 e. The second-order valence-corrected chi connectivity index (χ2v) is 6.85. The van der Waals surface area contributed by atoms with Gasteiger partial charge in [0.1, 0.15) is 4.90 Å². The van der Waals surface area contributed by atoms with Crippen LogP contribution in [0.4, 0.5) is 17.1 Å². The molecule has 1 aliphatic heterocycles. The zero-order valence-corrected chi connectivity index (χ0v) is 12.5. The van der Waals surface area contributed by atoms with Crippen molar-refractivity contribution in [3.05, 3.63) is 48.0 Å². The molecule has 6 heteroatoms. The fourth-order valence-electron chi connectivity index (χ4n) is 2.90. The van der Waals surface area contributed by atoms with Gasteiger partial charge in [-0.15, -0.1) is 0 Å². The van der Waals surface area contributed by atoms with E-state index in [0.717, 1.165) is 17.8 Å². The highest BCUT2D eigenvalue weighted by molar-refractivity contribution is 7.89. The second kappa shape index (κ2) is 4.75. The highest BCUT2D eigenvalue weighted by Gasteiger charge is 2.27. The molecule has 0 aliphatic carbocycles. The summed E-state index contributed by atoms with van der Waals surface area (Å²) in [6, 6.07) is 13.3. The molecule has 3 rings (SSSR count). The average Bonchev–Trinajstić information content (AvgIpc) is 2.72. The fourth-order valence-corrected chi connectivity index (χ4v) is 3.55. The third kappa shape index (κ3) is 2.36. The summed E-state index contributed by atoms with van der Waals surface area (Å²) < 4.78 is 22.9. The Bertz CT molecular complexity index is 802. The predicted molar refractivity (Wildman–Crippen MR) is 84.0 cm³/mol. The molecule has 0 aromatic heterocycles. The Morgan fingerprint density at radius 1 is 1.19 bits per heavy atom. The topological polar surface area (TPSA) is 89.4 Å². The van der Waals surface area contributed by atoms with E-state index in [1.165, 1.54) is 11.6 Å². The van der Waals surface area contributed by atoms with Crippen molar-refractivity contribution in [2.75, 3.05) is 10.6 Å². The van der Waals surface area contributed by atoms with E-state index < -0.39 is 10.0 Å². The first-order valence-corrected chi connectivity index (χ1v) is 8.22. The summed E-state index contributed by atoms with van der Waals surface area (Å²) >= 11 is 0. The molecule has 4 N–H and O–H groups in total. The molecule has 0 saturated heterocycles. The third-order valence-electron chi connectivity index (χ3n) is 3.79. The maximum atomic E-state index is 11.4. The van der Waals surface area contributed by atoms with Crippen LogP contribution in [0.5, 0.6) is 0 Å². The number of nitrogens with two attached hydrogens (primary N) is 2.